The first-order valence-corrected chi connectivity index (χ1v) is 9.68. The topological polar surface area (TPSA) is 47.3 Å². The average molecular weight is 414 g/mol. The lowest BCUT2D eigenvalue weighted by Crippen LogP contribution is -2.23. The molecule has 0 saturated heterocycles. The maximum absolute atomic E-state index is 12.6. The molecule has 0 radical (unpaired) electrons. The number of hydrogen-bond donors (Lipinski definition) is 0. The first kappa shape index (κ1) is 17.9. The molecule has 0 aliphatic carbocycles. The van der Waals surface area contributed by atoms with Crippen LogP contribution in [0.15, 0.2) is 47.3 Å². The van der Waals surface area contributed by atoms with Gasteiger partial charge in [-0.3, -0.25) is 4.79 Å². The van der Waals surface area contributed by atoms with Gasteiger partial charge in [-0.05, 0) is 42.3 Å². The SMILES string of the molecule is Cc1ccc(/C=C/c2nc3s/c(=C/c4ccc(Cl)cc4Cl)c(=O)n3n2)cc1. The number of thiazole rings is 1. The first-order chi connectivity index (χ1) is 13.0. The van der Waals surface area contributed by atoms with Gasteiger partial charge in [-0.1, -0.05) is 76.5 Å². The third-order valence-electron chi connectivity index (χ3n) is 3.95. The van der Waals surface area contributed by atoms with Crippen LogP contribution in [0.5, 0.6) is 0 Å². The van der Waals surface area contributed by atoms with E-state index >= 15 is 0 Å². The van der Waals surface area contributed by atoms with Gasteiger partial charge in [0.1, 0.15) is 0 Å². The van der Waals surface area contributed by atoms with Crippen molar-refractivity contribution in [2.75, 3.05) is 0 Å². The predicted octanol–water partition coefficient (Wildman–Crippen LogP) is 4.48. The highest BCUT2D eigenvalue weighted by Gasteiger charge is 2.09. The van der Waals surface area contributed by atoms with E-state index in [4.69, 9.17) is 23.2 Å². The summed E-state index contributed by atoms with van der Waals surface area (Å²) in [6, 6.07) is 13.3. The zero-order valence-electron chi connectivity index (χ0n) is 14.2. The van der Waals surface area contributed by atoms with Crippen LogP contribution in [0.2, 0.25) is 10.0 Å². The fourth-order valence-electron chi connectivity index (χ4n) is 2.53. The molecule has 0 amide bonds. The quantitative estimate of drug-likeness (QED) is 0.497. The third-order valence-corrected chi connectivity index (χ3v) is 5.47. The Labute approximate surface area is 169 Å². The number of benzene rings is 2. The molecule has 4 aromatic rings. The number of halogens is 2. The zero-order valence-corrected chi connectivity index (χ0v) is 16.5. The Morgan fingerprint density at radius 2 is 1.85 bits per heavy atom. The van der Waals surface area contributed by atoms with Crippen molar-refractivity contribution in [3.8, 4) is 0 Å². The lowest BCUT2D eigenvalue weighted by atomic mass is 10.1. The number of hydrogen-bond acceptors (Lipinski definition) is 4. The summed E-state index contributed by atoms with van der Waals surface area (Å²) in [7, 11) is 0. The molecule has 2 aromatic heterocycles. The predicted molar refractivity (Wildman–Crippen MR) is 112 cm³/mol. The molecule has 2 heterocycles. The molecule has 0 saturated carbocycles. The summed E-state index contributed by atoms with van der Waals surface area (Å²) < 4.78 is 1.83. The van der Waals surface area contributed by atoms with E-state index < -0.39 is 0 Å². The minimum atomic E-state index is -0.219. The molecule has 0 aliphatic rings. The van der Waals surface area contributed by atoms with Crippen LogP contribution in [0.1, 0.15) is 22.5 Å². The van der Waals surface area contributed by atoms with Gasteiger partial charge >= 0.3 is 0 Å². The number of fused-ring (bicyclic) bond motifs is 1. The lowest BCUT2D eigenvalue weighted by Gasteiger charge is -1.97. The fraction of sp³-hybridized carbons (Fsp3) is 0.0500. The Bertz CT molecular complexity index is 1270. The Balaban J connectivity index is 1.68. The van der Waals surface area contributed by atoms with E-state index in [0.29, 0.717) is 25.4 Å². The summed E-state index contributed by atoms with van der Waals surface area (Å²) in [5.41, 5.74) is 2.76. The van der Waals surface area contributed by atoms with Crippen LogP contribution in [-0.4, -0.2) is 14.6 Å². The van der Waals surface area contributed by atoms with E-state index in [-0.39, 0.29) is 5.56 Å². The lowest BCUT2D eigenvalue weighted by molar-refractivity contribution is 0.925. The van der Waals surface area contributed by atoms with Crippen LogP contribution in [0, 0.1) is 6.92 Å². The largest absolute Gasteiger partial charge is 0.291 e. The molecule has 27 heavy (non-hydrogen) atoms. The van der Waals surface area contributed by atoms with E-state index in [1.165, 1.54) is 21.4 Å². The second-order valence-corrected chi connectivity index (χ2v) is 7.84. The smallest absolute Gasteiger partial charge is 0.266 e. The first-order valence-electron chi connectivity index (χ1n) is 8.11. The molecular formula is C20H13Cl2N3OS. The van der Waals surface area contributed by atoms with E-state index in [9.17, 15) is 4.79 Å². The van der Waals surface area contributed by atoms with Gasteiger partial charge in [0.05, 0.1) is 4.53 Å². The summed E-state index contributed by atoms with van der Waals surface area (Å²) in [5.74, 6) is 0.495. The summed E-state index contributed by atoms with van der Waals surface area (Å²) in [6.07, 6.45) is 5.44. The van der Waals surface area contributed by atoms with Crippen molar-refractivity contribution in [1.29, 1.82) is 0 Å². The van der Waals surface area contributed by atoms with Crippen LogP contribution in [0.3, 0.4) is 0 Å². The van der Waals surface area contributed by atoms with Gasteiger partial charge in [0.15, 0.2) is 5.82 Å². The molecule has 0 atom stereocenters. The molecule has 2 aromatic carbocycles. The molecule has 134 valence electrons. The second kappa shape index (κ2) is 7.27. The maximum Gasteiger partial charge on any atom is 0.291 e. The molecule has 4 nitrogen and oxygen atoms in total. The van der Waals surface area contributed by atoms with Crippen LogP contribution in [0.25, 0.3) is 23.2 Å². The third kappa shape index (κ3) is 3.81. The number of rotatable bonds is 3. The maximum atomic E-state index is 12.6. The highest BCUT2D eigenvalue weighted by Crippen LogP contribution is 2.21. The van der Waals surface area contributed by atoms with Crippen molar-refractivity contribution in [2.24, 2.45) is 0 Å². The minimum absolute atomic E-state index is 0.219. The van der Waals surface area contributed by atoms with Crippen molar-refractivity contribution >= 4 is 57.7 Å². The number of aryl methyl sites for hydroxylation is 1. The van der Waals surface area contributed by atoms with Gasteiger partial charge in [0, 0.05) is 10.0 Å². The van der Waals surface area contributed by atoms with Crippen molar-refractivity contribution in [2.45, 2.75) is 6.92 Å². The van der Waals surface area contributed by atoms with E-state index in [0.717, 1.165) is 11.1 Å². The van der Waals surface area contributed by atoms with Gasteiger partial charge in [-0.25, -0.2) is 0 Å². The summed E-state index contributed by atoms with van der Waals surface area (Å²) >= 11 is 13.4. The Hall–Kier alpha value is -2.47. The van der Waals surface area contributed by atoms with Gasteiger partial charge in [-0.2, -0.15) is 9.50 Å². The molecular weight excluding hydrogens is 401 g/mol. The zero-order chi connectivity index (χ0) is 19.0. The highest BCUT2D eigenvalue weighted by molar-refractivity contribution is 7.15. The average Bonchev–Trinajstić information content (AvgIpc) is 3.16. The molecule has 0 bridgehead atoms. The summed E-state index contributed by atoms with van der Waals surface area (Å²) in [5, 5.41) is 5.32. The van der Waals surface area contributed by atoms with Crippen LogP contribution in [-0.2, 0) is 0 Å². The van der Waals surface area contributed by atoms with Gasteiger partial charge < -0.3 is 0 Å². The van der Waals surface area contributed by atoms with Crippen molar-refractivity contribution in [3.05, 3.63) is 89.9 Å². The van der Waals surface area contributed by atoms with Gasteiger partial charge in [0.2, 0.25) is 4.96 Å². The summed E-state index contributed by atoms with van der Waals surface area (Å²) in [4.78, 5) is 17.5. The van der Waals surface area contributed by atoms with Gasteiger partial charge in [0.25, 0.3) is 5.56 Å². The fourth-order valence-corrected chi connectivity index (χ4v) is 3.90. The van der Waals surface area contributed by atoms with Crippen LogP contribution < -0.4 is 10.1 Å². The van der Waals surface area contributed by atoms with E-state index in [2.05, 4.69) is 10.1 Å². The molecule has 0 N–H and O–H groups in total. The molecule has 0 spiro atoms. The highest BCUT2D eigenvalue weighted by atomic mass is 35.5. The standard InChI is InChI=1S/C20H13Cl2N3OS/c1-12-2-4-13(5-3-12)6-9-18-23-20-25(24-18)19(26)17(27-20)10-14-7-8-15(21)11-16(14)22/h2-11H,1H3/b9-6+,17-10+. The number of aromatic nitrogens is 3. The number of nitrogens with zero attached hydrogens (tertiary/aromatic N) is 3. The van der Waals surface area contributed by atoms with Crippen molar-refractivity contribution in [3.63, 3.8) is 0 Å². The second-order valence-electron chi connectivity index (χ2n) is 5.99. The van der Waals surface area contributed by atoms with Crippen molar-refractivity contribution in [1.82, 2.24) is 14.6 Å². The monoisotopic (exact) mass is 413 g/mol. The van der Waals surface area contributed by atoms with Crippen LogP contribution >= 0.6 is 34.5 Å². The molecule has 4 rings (SSSR count). The molecule has 7 heteroatoms. The van der Waals surface area contributed by atoms with E-state index in [1.807, 2.05) is 37.3 Å². The van der Waals surface area contributed by atoms with Crippen LogP contribution in [0.4, 0.5) is 0 Å². The molecule has 0 unspecified atom stereocenters. The summed E-state index contributed by atoms with van der Waals surface area (Å²) in [6.45, 7) is 2.04. The Morgan fingerprint density at radius 1 is 1.07 bits per heavy atom. The Morgan fingerprint density at radius 3 is 2.56 bits per heavy atom. The van der Waals surface area contributed by atoms with Crippen molar-refractivity contribution < 1.29 is 0 Å². The van der Waals surface area contributed by atoms with E-state index in [1.54, 1.807) is 30.4 Å². The minimum Gasteiger partial charge on any atom is -0.266 e. The normalized spacial score (nSPS) is 12.5. The molecule has 0 aliphatic heterocycles. The van der Waals surface area contributed by atoms with Gasteiger partial charge in [-0.15, -0.1) is 5.10 Å². The Kier molecular flexibility index (Phi) is 4.83. The molecule has 0 fully saturated rings.